The van der Waals surface area contributed by atoms with Crippen molar-refractivity contribution < 1.29 is 57.8 Å². The number of likely N-dealkylation sites (tertiary alicyclic amines) is 1. The summed E-state index contributed by atoms with van der Waals surface area (Å²) >= 11 is 1.38. The number of carboxylic acid groups (broad SMARTS) is 1. The van der Waals surface area contributed by atoms with E-state index in [9.17, 15) is 57.8 Å². The van der Waals surface area contributed by atoms with Crippen LogP contribution >= 0.6 is 11.8 Å². The predicted octanol–water partition coefficient (Wildman–Crippen LogP) is -3.21. The molecule has 1 fully saturated rings. The number of nitrogens with two attached hydrogens (primary N) is 8. The second-order valence-corrected chi connectivity index (χ2v) is 24.1. The topological polar surface area (TPSA) is 540 Å². The number of aliphatic carboxylic acids is 1. The van der Waals surface area contributed by atoms with E-state index in [4.69, 9.17) is 45.9 Å². The summed E-state index contributed by atoms with van der Waals surface area (Å²) in [5.74, 6) is -9.58. The largest absolute Gasteiger partial charge is 0.480 e. The van der Waals surface area contributed by atoms with Crippen LogP contribution in [0.25, 0.3) is 0 Å². The molecule has 0 aromatic rings. The van der Waals surface area contributed by atoms with Gasteiger partial charge in [0.15, 0.2) is 11.9 Å². The maximum atomic E-state index is 14.6. The van der Waals surface area contributed by atoms with Crippen LogP contribution in [-0.4, -0.2) is 192 Å². The number of carboxylic acids is 1. The molecule has 0 aromatic heterocycles. The molecule has 89 heavy (non-hydrogen) atoms. The van der Waals surface area contributed by atoms with Gasteiger partial charge in [0.1, 0.15) is 54.4 Å². The number of unbranched alkanes of at least 4 members (excludes halogenated alkanes) is 2. The highest BCUT2D eigenvalue weighted by Crippen LogP contribution is 2.22. The maximum absolute atomic E-state index is 14.6. The molecule has 10 amide bonds. The molecule has 508 valence electrons. The monoisotopic (exact) mass is 1280 g/mol. The molecule has 1 saturated heterocycles. The summed E-state index contributed by atoms with van der Waals surface area (Å²) in [7, 11) is 0. The van der Waals surface area contributed by atoms with Crippen molar-refractivity contribution in [2.45, 2.75) is 218 Å². The molecule has 32 heteroatoms. The molecule has 1 heterocycles. The Morgan fingerprint density at radius 1 is 0.539 bits per heavy atom. The van der Waals surface area contributed by atoms with Crippen LogP contribution in [0.2, 0.25) is 0 Å². The first-order chi connectivity index (χ1) is 42.1. The van der Waals surface area contributed by atoms with Gasteiger partial charge in [0.05, 0.1) is 6.04 Å². The fourth-order valence-corrected chi connectivity index (χ4v) is 10.2. The lowest BCUT2D eigenvalue weighted by atomic mass is 9.96. The minimum atomic E-state index is -1.48. The molecule has 0 saturated carbocycles. The zero-order valence-corrected chi connectivity index (χ0v) is 54.1. The number of nitrogens with zero attached hydrogens (tertiary/aromatic N) is 3. The SMILES string of the molecule is CC[C@H](C)[C@H](NC(=O)[C@H](CCCCN)NC(=O)[C@H](CCCN=C(N)N)NC(=O)[C@@H]1CCCN1C(=O)[C@H](CCCCN)NC(=O)[C@@H](NC(=O)[C@@H](N)CCCN=C(N)N)[C@@H](C)CC)C(=O)N[C@@H](CCSC)C(=O)N[C@@H](CC(C)C)C(=O)N[C@@H](CCC(N)=O)C(=O)O. The standard InChI is InChI=1S/C57H107N19O12S/c1-8-33(5)44(74-46(78)35(60)17-14-27-66-56(62)63)53(85)71-39(19-11-13-26-59)54(86)76-29-16-21-42(76)51(83)69-37(20-15-28-67-57(64)65)47(79)68-36(18-10-12-25-58)49(81)75-45(34(6)9-2)52(84)70-38(24-30-89-7)48(80)73-41(31-32(3)4)50(82)72-40(55(87)88)22-23-43(61)77/h32-42,44-45H,8-31,58-60H2,1-7H3,(H2,61,77)(H,68,79)(H,69,83)(H,70,84)(H,71,85)(H,72,82)(H,73,80)(H,74,78)(H,75,81)(H,87,88)(H4,62,63,66)(H4,64,65,67)/t33-,34-,35-,36-,37-,38-,39-,40-,41-,42-,44-,45-/m0/s1. The number of aliphatic imine (C=N–C) groups is 2. The lowest BCUT2D eigenvalue weighted by Gasteiger charge is -2.32. The van der Waals surface area contributed by atoms with Crippen LogP contribution in [0.3, 0.4) is 0 Å². The molecule has 1 aliphatic heterocycles. The molecule has 0 aliphatic carbocycles. The van der Waals surface area contributed by atoms with Crippen molar-refractivity contribution in [3.05, 3.63) is 0 Å². The van der Waals surface area contributed by atoms with E-state index in [-0.39, 0.29) is 108 Å². The second kappa shape index (κ2) is 43.6. The van der Waals surface area contributed by atoms with Gasteiger partial charge in [-0.15, -0.1) is 0 Å². The summed E-state index contributed by atoms with van der Waals surface area (Å²) in [6.45, 7) is 11.7. The van der Waals surface area contributed by atoms with Crippen molar-refractivity contribution in [3.8, 4) is 0 Å². The Labute approximate surface area is 528 Å². The average molecular weight is 1280 g/mol. The van der Waals surface area contributed by atoms with Crippen molar-refractivity contribution >= 4 is 88.7 Å². The van der Waals surface area contributed by atoms with E-state index in [1.807, 2.05) is 6.92 Å². The lowest BCUT2D eigenvalue weighted by Crippen LogP contribution is -2.61. The highest BCUT2D eigenvalue weighted by molar-refractivity contribution is 7.98. The fourth-order valence-electron chi connectivity index (χ4n) is 9.72. The van der Waals surface area contributed by atoms with E-state index in [2.05, 4.69) is 52.5 Å². The summed E-state index contributed by atoms with van der Waals surface area (Å²) in [5, 5.41) is 31.5. The molecule has 0 aromatic carbocycles. The van der Waals surface area contributed by atoms with Crippen LogP contribution in [0.1, 0.15) is 157 Å². The number of hydrogen-bond donors (Lipinski definition) is 17. The van der Waals surface area contributed by atoms with Gasteiger partial charge in [0, 0.05) is 26.1 Å². The quantitative estimate of drug-likeness (QED) is 0.0162. The first-order valence-corrected chi connectivity index (χ1v) is 32.5. The van der Waals surface area contributed by atoms with Gasteiger partial charge in [0.2, 0.25) is 59.1 Å². The zero-order valence-electron chi connectivity index (χ0n) is 53.3. The summed E-state index contributed by atoms with van der Waals surface area (Å²) in [6.07, 6.45) is 5.45. The van der Waals surface area contributed by atoms with E-state index in [0.29, 0.717) is 63.7 Å². The number of rotatable bonds is 46. The minimum absolute atomic E-state index is 0.0405. The highest BCUT2D eigenvalue weighted by Gasteiger charge is 2.41. The number of carbonyl (C=O) groups is 11. The number of nitrogens with one attached hydrogen (secondary N) is 8. The van der Waals surface area contributed by atoms with Crippen LogP contribution in [-0.2, 0) is 52.7 Å². The van der Waals surface area contributed by atoms with Crippen molar-refractivity contribution in [2.24, 2.45) is 73.6 Å². The molecule has 1 rings (SSSR count). The van der Waals surface area contributed by atoms with E-state index in [1.54, 1.807) is 40.9 Å². The lowest BCUT2D eigenvalue weighted by molar-refractivity contribution is -0.143. The Morgan fingerprint density at radius 3 is 1.47 bits per heavy atom. The Morgan fingerprint density at radius 2 is 0.978 bits per heavy atom. The van der Waals surface area contributed by atoms with Crippen LogP contribution in [0.4, 0.5) is 0 Å². The zero-order chi connectivity index (χ0) is 67.3. The van der Waals surface area contributed by atoms with Gasteiger partial charge < -0.3 is 98.4 Å². The highest BCUT2D eigenvalue weighted by atomic mass is 32.2. The van der Waals surface area contributed by atoms with Gasteiger partial charge in [-0.3, -0.25) is 57.9 Å². The minimum Gasteiger partial charge on any atom is -0.480 e. The molecule has 0 spiro atoms. The molecule has 0 unspecified atom stereocenters. The molecule has 31 nitrogen and oxygen atoms in total. The smallest absolute Gasteiger partial charge is 0.326 e. The summed E-state index contributed by atoms with van der Waals surface area (Å²) in [4.78, 5) is 161. The molecule has 12 atom stereocenters. The molecular formula is C57H107N19O12S. The molecule has 0 bridgehead atoms. The summed E-state index contributed by atoms with van der Waals surface area (Å²) < 4.78 is 0. The Hall–Kier alpha value is -7.06. The summed E-state index contributed by atoms with van der Waals surface area (Å²) in [6, 6.07) is -12.2. The maximum Gasteiger partial charge on any atom is 0.326 e. The predicted molar refractivity (Wildman–Crippen MR) is 341 cm³/mol. The molecule has 25 N–H and O–H groups in total. The Kier molecular flexibility index (Phi) is 39.2. The summed E-state index contributed by atoms with van der Waals surface area (Å²) in [5.41, 5.74) is 45.1. The molecular weight excluding hydrogens is 1170 g/mol. The van der Waals surface area contributed by atoms with Gasteiger partial charge in [-0.1, -0.05) is 54.4 Å². The number of hydrogen-bond acceptors (Lipinski definition) is 17. The first kappa shape index (κ1) is 80.0. The normalized spacial score (nSPS) is 16.6. The van der Waals surface area contributed by atoms with E-state index < -0.39 is 137 Å². The third-order valence-electron chi connectivity index (χ3n) is 15.3. The number of primary amides is 1. The van der Waals surface area contributed by atoms with E-state index >= 15 is 0 Å². The van der Waals surface area contributed by atoms with Gasteiger partial charge in [-0.2, -0.15) is 11.8 Å². The number of thioether (sulfide) groups is 1. The van der Waals surface area contributed by atoms with Gasteiger partial charge in [-0.25, -0.2) is 4.79 Å². The van der Waals surface area contributed by atoms with Crippen molar-refractivity contribution in [2.75, 3.05) is 44.7 Å². The Bertz CT molecular complexity index is 2340. The van der Waals surface area contributed by atoms with Crippen LogP contribution in [0.5, 0.6) is 0 Å². The van der Waals surface area contributed by atoms with Crippen molar-refractivity contribution in [1.82, 2.24) is 47.4 Å². The third-order valence-corrected chi connectivity index (χ3v) is 16.0. The number of guanidine groups is 2. The first-order valence-electron chi connectivity index (χ1n) is 31.1. The van der Waals surface area contributed by atoms with Gasteiger partial charge in [0.25, 0.3) is 0 Å². The van der Waals surface area contributed by atoms with Crippen LogP contribution < -0.4 is 88.4 Å². The van der Waals surface area contributed by atoms with Gasteiger partial charge >= 0.3 is 5.97 Å². The number of carbonyl (C=O) groups excluding carboxylic acids is 10. The van der Waals surface area contributed by atoms with Crippen LogP contribution in [0, 0.1) is 17.8 Å². The fraction of sp³-hybridized carbons (Fsp3) is 0.772. The molecule has 1 aliphatic rings. The van der Waals surface area contributed by atoms with Crippen LogP contribution in [0.15, 0.2) is 9.98 Å². The number of amides is 10. The average Bonchev–Trinajstić information content (AvgIpc) is 2.86. The van der Waals surface area contributed by atoms with E-state index in [1.165, 1.54) is 16.7 Å². The van der Waals surface area contributed by atoms with E-state index in [0.717, 1.165) is 0 Å². The van der Waals surface area contributed by atoms with Crippen molar-refractivity contribution in [3.63, 3.8) is 0 Å². The third kappa shape index (κ3) is 30.8. The second-order valence-electron chi connectivity index (χ2n) is 23.1. The molecule has 0 radical (unpaired) electrons. The van der Waals surface area contributed by atoms with Crippen molar-refractivity contribution in [1.29, 1.82) is 0 Å². The Balaban J connectivity index is 3.61. The van der Waals surface area contributed by atoms with Gasteiger partial charge in [-0.05, 0) is 139 Å².